The Morgan fingerprint density at radius 3 is 2.62 bits per heavy atom. The van der Waals surface area contributed by atoms with E-state index in [4.69, 9.17) is 10.5 Å². The summed E-state index contributed by atoms with van der Waals surface area (Å²) in [5.74, 6) is 0.891. The van der Waals surface area contributed by atoms with Gasteiger partial charge in [0.2, 0.25) is 0 Å². The molecule has 0 radical (unpaired) electrons. The summed E-state index contributed by atoms with van der Waals surface area (Å²) in [5, 5.41) is 3.00. The molecule has 1 aromatic heterocycles. The Labute approximate surface area is 98.9 Å². The Morgan fingerprint density at radius 2 is 2.06 bits per heavy atom. The Balaban J connectivity index is 2.20. The second-order valence-electron chi connectivity index (χ2n) is 3.31. The van der Waals surface area contributed by atoms with E-state index in [-0.39, 0.29) is 0 Å². The van der Waals surface area contributed by atoms with Gasteiger partial charge >= 0.3 is 0 Å². The predicted octanol–water partition coefficient (Wildman–Crippen LogP) is 2.67. The molecular weight excluding hydrogens is 220 g/mol. The highest BCUT2D eigenvalue weighted by Gasteiger charge is 2.03. The zero-order valence-corrected chi connectivity index (χ0v) is 9.96. The summed E-state index contributed by atoms with van der Waals surface area (Å²) in [4.78, 5) is 4.43. The molecule has 0 saturated carbocycles. The van der Waals surface area contributed by atoms with E-state index < -0.39 is 0 Å². The molecule has 0 atom stereocenters. The maximum Gasteiger partial charge on any atom is 0.123 e. The van der Waals surface area contributed by atoms with Crippen LogP contribution in [0, 0.1) is 0 Å². The second kappa shape index (κ2) is 5.09. The Morgan fingerprint density at radius 1 is 1.31 bits per heavy atom. The first kappa shape index (κ1) is 11.1. The van der Waals surface area contributed by atoms with Gasteiger partial charge in [-0.3, -0.25) is 0 Å². The summed E-state index contributed by atoms with van der Waals surface area (Å²) in [5.41, 5.74) is 7.57. The normalized spacial score (nSPS) is 10.4. The van der Waals surface area contributed by atoms with Crippen LogP contribution in [0.2, 0.25) is 0 Å². The largest absolute Gasteiger partial charge is 0.494 e. The zero-order valence-electron chi connectivity index (χ0n) is 9.14. The second-order valence-corrected chi connectivity index (χ2v) is 4.16. The minimum absolute atomic E-state index is 0.494. The van der Waals surface area contributed by atoms with Gasteiger partial charge in [-0.2, -0.15) is 0 Å². The van der Waals surface area contributed by atoms with Gasteiger partial charge in [0.25, 0.3) is 0 Å². The van der Waals surface area contributed by atoms with Gasteiger partial charge in [0.05, 0.1) is 12.3 Å². The average molecular weight is 234 g/mol. The molecule has 0 aliphatic rings. The first-order valence-electron chi connectivity index (χ1n) is 5.21. The standard InChI is InChI=1S/C12H14N2OS/c1-2-15-11-5-3-9(4-6-11)12-14-10(7-13)8-16-12/h3-6,8H,2,7,13H2,1H3. The van der Waals surface area contributed by atoms with E-state index in [0.717, 1.165) is 22.0 Å². The van der Waals surface area contributed by atoms with Gasteiger partial charge in [-0.25, -0.2) is 4.98 Å². The molecule has 1 heterocycles. The van der Waals surface area contributed by atoms with Crippen molar-refractivity contribution in [2.24, 2.45) is 5.73 Å². The molecule has 2 rings (SSSR count). The molecular formula is C12H14N2OS. The lowest BCUT2D eigenvalue weighted by atomic mass is 10.2. The first-order valence-corrected chi connectivity index (χ1v) is 6.09. The highest BCUT2D eigenvalue weighted by molar-refractivity contribution is 7.13. The van der Waals surface area contributed by atoms with Crippen LogP contribution in [0.3, 0.4) is 0 Å². The van der Waals surface area contributed by atoms with E-state index in [2.05, 4.69) is 4.98 Å². The van der Waals surface area contributed by atoms with Gasteiger partial charge in [-0.05, 0) is 31.2 Å². The number of aromatic nitrogens is 1. The molecule has 4 heteroatoms. The lowest BCUT2D eigenvalue weighted by Crippen LogP contribution is -1.95. The summed E-state index contributed by atoms with van der Waals surface area (Å²) in [6.45, 7) is 3.16. The molecule has 0 unspecified atom stereocenters. The summed E-state index contributed by atoms with van der Waals surface area (Å²) in [6.07, 6.45) is 0. The van der Waals surface area contributed by atoms with Crippen molar-refractivity contribution in [2.75, 3.05) is 6.61 Å². The van der Waals surface area contributed by atoms with Crippen LogP contribution >= 0.6 is 11.3 Å². The van der Waals surface area contributed by atoms with E-state index >= 15 is 0 Å². The van der Waals surface area contributed by atoms with Crippen molar-refractivity contribution in [2.45, 2.75) is 13.5 Å². The van der Waals surface area contributed by atoms with Crippen molar-refractivity contribution in [3.8, 4) is 16.3 Å². The van der Waals surface area contributed by atoms with E-state index in [1.807, 2.05) is 36.6 Å². The molecule has 16 heavy (non-hydrogen) atoms. The lowest BCUT2D eigenvalue weighted by molar-refractivity contribution is 0.340. The van der Waals surface area contributed by atoms with Crippen LogP contribution in [-0.2, 0) is 6.54 Å². The van der Waals surface area contributed by atoms with Gasteiger partial charge in [0.15, 0.2) is 0 Å². The topological polar surface area (TPSA) is 48.1 Å². The number of benzene rings is 1. The maximum absolute atomic E-state index is 5.53. The zero-order chi connectivity index (χ0) is 11.4. The van der Waals surface area contributed by atoms with Crippen LogP contribution in [0.4, 0.5) is 0 Å². The van der Waals surface area contributed by atoms with E-state index in [0.29, 0.717) is 13.2 Å². The third-order valence-electron chi connectivity index (χ3n) is 2.17. The fraction of sp³-hybridized carbons (Fsp3) is 0.250. The molecule has 0 spiro atoms. The third-order valence-corrected chi connectivity index (χ3v) is 3.11. The average Bonchev–Trinajstić information content (AvgIpc) is 2.79. The molecule has 0 aliphatic heterocycles. The van der Waals surface area contributed by atoms with Crippen molar-refractivity contribution in [1.29, 1.82) is 0 Å². The van der Waals surface area contributed by atoms with Crippen LogP contribution in [0.1, 0.15) is 12.6 Å². The highest BCUT2D eigenvalue weighted by atomic mass is 32.1. The first-order chi connectivity index (χ1) is 7.83. The molecule has 84 valence electrons. The van der Waals surface area contributed by atoms with Crippen LogP contribution in [0.25, 0.3) is 10.6 Å². The van der Waals surface area contributed by atoms with Crippen LogP contribution in [-0.4, -0.2) is 11.6 Å². The Hall–Kier alpha value is -1.39. The number of hydrogen-bond donors (Lipinski definition) is 1. The summed E-state index contributed by atoms with van der Waals surface area (Å²) in [7, 11) is 0. The number of rotatable bonds is 4. The highest BCUT2D eigenvalue weighted by Crippen LogP contribution is 2.25. The molecule has 1 aromatic carbocycles. The Bertz CT molecular complexity index is 450. The Kier molecular flexibility index (Phi) is 3.54. The van der Waals surface area contributed by atoms with Crippen LogP contribution in [0.5, 0.6) is 5.75 Å². The number of nitrogens with zero attached hydrogens (tertiary/aromatic N) is 1. The summed E-state index contributed by atoms with van der Waals surface area (Å²) < 4.78 is 5.39. The van der Waals surface area contributed by atoms with Gasteiger partial charge in [-0.1, -0.05) is 0 Å². The molecule has 0 bridgehead atoms. The quantitative estimate of drug-likeness (QED) is 0.884. The van der Waals surface area contributed by atoms with Crippen molar-refractivity contribution >= 4 is 11.3 Å². The molecule has 2 N–H and O–H groups in total. The molecule has 2 aromatic rings. The van der Waals surface area contributed by atoms with Gasteiger partial charge < -0.3 is 10.5 Å². The minimum Gasteiger partial charge on any atom is -0.494 e. The number of hydrogen-bond acceptors (Lipinski definition) is 4. The molecule has 0 amide bonds. The summed E-state index contributed by atoms with van der Waals surface area (Å²) >= 11 is 1.61. The van der Waals surface area contributed by atoms with Crippen molar-refractivity contribution in [3.63, 3.8) is 0 Å². The summed E-state index contributed by atoms with van der Waals surface area (Å²) in [6, 6.07) is 7.96. The number of ether oxygens (including phenoxy) is 1. The fourth-order valence-corrected chi connectivity index (χ4v) is 2.23. The monoisotopic (exact) mass is 234 g/mol. The molecule has 0 fully saturated rings. The van der Waals surface area contributed by atoms with Crippen molar-refractivity contribution in [3.05, 3.63) is 35.3 Å². The molecule has 0 saturated heterocycles. The molecule has 0 aliphatic carbocycles. The fourth-order valence-electron chi connectivity index (χ4n) is 1.39. The third kappa shape index (κ3) is 2.40. The van der Waals surface area contributed by atoms with Gasteiger partial charge in [0, 0.05) is 17.5 Å². The van der Waals surface area contributed by atoms with Gasteiger partial charge in [-0.15, -0.1) is 11.3 Å². The van der Waals surface area contributed by atoms with E-state index in [1.165, 1.54) is 0 Å². The van der Waals surface area contributed by atoms with Crippen molar-refractivity contribution in [1.82, 2.24) is 4.98 Å². The maximum atomic E-state index is 5.53. The van der Waals surface area contributed by atoms with E-state index in [1.54, 1.807) is 11.3 Å². The SMILES string of the molecule is CCOc1ccc(-c2nc(CN)cs2)cc1. The lowest BCUT2D eigenvalue weighted by Gasteiger charge is -2.02. The molecule has 3 nitrogen and oxygen atoms in total. The minimum atomic E-state index is 0.494. The van der Waals surface area contributed by atoms with Crippen molar-refractivity contribution < 1.29 is 4.74 Å². The van der Waals surface area contributed by atoms with E-state index in [9.17, 15) is 0 Å². The van der Waals surface area contributed by atoms with Crippen LogP contribution in [0.15, 0.2) is 29.6 Å². The number of thiazole rings is 1. The van der Waals surface area contributed by atoms with Crippen LogP contribution < -0.4 is 10.5 Å². The smallest absolute Gasteiger partial charge is 0.123 e. The number of nitrogens with two attached hydrogens (primary N) is 1. The van der Waals surface area contributed by atoms with Gasteiger partial charge in [0.1, 0.15) is 10.8 Å². The predicted molar refractivity (Wildman–Crippen MR) is 66.6 cm³/mol.